The maximum Gasteiger partial charge on any atom is 0.254 e. The average molecular weight is 300 g/mol. The fraction of sp³-hybridized carbons (Fsp3) is 0.533. The Bertz CT molecular complexity index is 519. The largest absolute Gasteiger partial charge is 0.367 e. The number of carbonyl (C=O) groups is 1. The molecule has 1 aliphatic rings. The number of alkyl halides is 1. The van der Waals surface area contributed by atoms with Crippen LogP contribution in [-0.4, -0.2) is 41.5 Å². The predicted octanol–water partition coefficient (Wildman–Crippen LogP) is 2.99. The molecule has 2 rings (SSSR count). The minimum absolute atomic E-state index is 0.185. The number of rotatable bonds is 2. The summed E-state index contributed by atoms with van der Waals surface area (Å²) in [5.74, 6) is -0.220. The molecule has 1 atom stereocenters. The van der Waals surface area contributed by atoms with Gasteiger partial charge in [-0.15, -0.1) is 11.6 Å². The number of hydrogen-bond acceptors (Lipinski definition) is 2. The van der Waals surface area contributed by atoms with Gasteiger partial charge in [0.05, 0.1) is 17.6 Å². The number of nitrogens with zero attached hydrogens (tertiary/aromatic N) is 1. The number of carbonyl (C=O) groups excluding carboxylic acids is 1. The first-order chi connectivity index (χ1) is 9.32. The van der Waals surface area contributed by atoms with E-state index in [1.807, 2.05) is 13.8 Å². The van der Waals surface area contributed by atoms with Crippen LogP contribution >= 0.6 is 11.6 Å². The van der Waals surface area contributed by atoms with Crippen molar-refractivity contribution in [3.8, 4) is 0 Å². The Morgan fingerprint density at radius 1 is 1.55 bits per heavy atom. The van der Waals surface area contributed by atoms with E-state index in [1.54, 1.807) is 24.0 Å². The van der Waals surface area contributed by atoms with Crippen molar-refractivity contribution >= 4 is 17.5 Å². The van der Waals surface area contributed by atoms with Crippen molar-refractivity contribution < 1.29 is 13.9 Å². The second-order valence-electron chi connectivity index (χ2n) is 5.80. The van der Waals surface area contributed by atoms with Crippen molar-refractivity contribution in [1.82, 2.24) is 4.90 Å². The van der Waals surface area contributed by atoms with Crippen LogP contribution in [0, 0.1) is 12.7 Å². The second-order valence-corrected chi connectivity index (χ2v) is 6.11. The van der Waals surface area contributed by atoms with Crippen LogP contribution in [0.5, 0.6) is 0 Å². The van der Waals surface area contributed by atoms with Crippen LogP contribution < -0.4 is 0 Å². The first-order valence-electron chi connectivity index (χ1n) is 6.61. The summed E-state index contributed by atoms with van der Waals surface area (Å²) < 4.78 is 19.4. The van der Waals surface area contributed by atoms with Gasteiger partial charge in [0.2, 0.25) is 0 Å². The van der Waals surface area contributed by atoms with Crippen molar-refractivity contribution in [1.29, 1.82) is 0 Å². The van der Waals surface area contributed by atoms with Crippen molar-refractivity contribution in [2.75, 3.05) is 19.0 Å². The Hall–Kier alpha value is -1.13. The summed E-state index contributed by atoms with van der Waals surface area (Å²) in [6, 6.07) is 4.56. The van der Waals surface area contributed by atoms with E-state index in [0.29, 0.717) is 30.1 Å². The number of aryl methyl sites for hydroxylation is 1. The normalized spacial score (nSPS) is 21.9. The highest BCUT2D eigenvalue weighted by Gasteiger charge is 2.35. The molecule has 0 aromatic heterocycles. The molecule has 0 spiro atoms. The van der Waals surface area contributed by atoms with E-state index in [1.165, 1.54) is 6.07 Å². The van der Waals surface area contributed by atoms with Gasteiger partial charge in [-0.3, -0.25) is 4.79 Å². The third kappa shape index (κ3) is 3.30. The Kier molecular flexibility index (Phi) is 4.35. The van der Waals surface area contributed by atoms with E-state index in [2.05, 4.69) is 0 Å². The lowest BCUT2D eigenvalue weighted by atomic mass is 10.0. The smallest absolute Gasteiger partial charge is 0.254 e. The first kappa shape index (κ1) is 15.3. The molecule has 1 amide bonds. The van der Waals surface area contributed by atoms with Gasteiger partial charge in [0, 0.05) is 18.7 Å². The molecule has 0 saturated carbocycles. The molecule has 110 valence electrons. The van der Waals surface area contributed by atoms with Gasteiger partial charge in [0.15, 0.2) is 0 Å². The summed E-state index contributed by atoms with van der Waals surface area (Å²) in [6.07, 6.45) is -0.195. The number of halogens is 2. The molecule has 5 heteroatoms. The highest BCUT2D eigenvalue weighted by molar-refractivity contribution is 6.18. The Labute approximate surface area is 123 Å². The molecular formula is C15H19ClFNO2. The molecule has 0 aliphatic carbocycles. The molecule has 0 radical (unpaired) electrons. The summed E-state index contributed by atoms with van der Waals surface area (Å²) in [7, 11) is 0. The summed E-state index contributed by atoms with van der Waals surface area (Å²) in [5, 5.41) is 0. The second kappa shape index (κ2) is 5.70. The molecule has 1 fully saturated rings. The van der Waals surface area contributed by atoms with Crippen molar-refractivity contribution in [2.24, 2.45) is 0 Å². The molecule has 1 unspecified atom stereocenters. The first-order valence-corrected chi connectivity index (χ1v) is 7.15. The summed E-state index contributed by atoms with van der Waals surface area (Å²) >= 11 is 5.85. The third-order valence-corrected chi connectivity index (χ3v) is 3.70. The van der Waals surface area contributed by atoms with Gasteiger partial charge >= 0.3 is 0 Å². The number of ether oxygens (including phenoxy) is 1. The highest BCUT2D eigenvalue weighted by Crippen LogP contribution is 2.23. The number of hydrogen-bond donors (Lipinski definition) is 0. The van der Waals surface area contributed by atoms with Crippen LogP contribution in [0.15, 0.2) is 18.2 Å². The van der Waals surface area contributed by atoms with E-state index < -0.39 is 5.60 Å². The zero-order valence-corrected chi connectivity index (χ0v) is 12.7. The van der Waals surface area contributed by atoms with Crippen LogP contribution in [0.3, 0.4) is 0 Å². The standard InChI is InChI=1S/C15H19ClFNO2/c1-10-4-5-11(6-13(10)17)14(19)18-8-12(7-16)20-15(2,3)9-18/h4-6,12H,7-9H2,1-3H3. The maximum absolute atomic E-state index is 13.6. The average Bonchev–Trinajstić information content (AvgIpc) is 2.39. The van der Waals surface area contributed by atoms with Crippen LogP contribution in [0.2, 0.25) is 0 Å². The van der Waals surface area contributed by atoms with Gasteiger partial charge in [-0.1, -0.05) is 6.07 Å². The monoisotopic (exact) mass is 299 g/mol. The molecule has 1 heterocycles. The summed E-state index contributed by atoms with van der Waals surface area (Å²) in [4.78, 5) is 14.2. The van der Waals surface area contributed by atoms with Crippen molar-refractivity contribution in [3.05, 3.63) is 35.1 Å². The molecule has 1 aliphatic heterocycles. The van der Waals surface area contributed by atoms with E-state index >= 15 is 0 Å². The maximum atomic E-state index is 13.6. The van der Waals surface area contributed by atoms with Gasteiger partial charge in [0.1, 0.15) is 5.82 Å². The lowest BCUT2D eigenvalue weighted by Gasteiger charge is -2.42. The van der Waals surface area contributed by atoms with Gasteiger partial charge < -0.3 is 9.64 Å². The van der Waals surface area contributed by atoms with Crippen LogP contribution in [0.1, 0.15) is 29.8 Å². The zero-order chi connectivity index (χ0) is 14.9. The molecule has 1 aromatic rings. The van der Waals surface area contributed by atoms with E-state index in [4.69, 9.17) is 16.3 Å². The minimum atomic E-state index is -0.448. The SMILES string of the molecule is Cc1ccc(C(=O)N2CC(CCl)OC(C)(C)C2)cc1F. The Morgan fingerprint density at radius 3 is 2.85 bits per heavy atom. The van der Waals surface area contributed by atoms with E-state index in [0.717, 1.165) is 0 Å². The van der Waals surface area contributed by atoms with Crippen LogP contribution in [-0.2, 0) is 4.74 Å². The minimum Gasteiger partial charge on any atom is -0.367 e. The molecule has 3 nitrogen and oxygen atoms in total. The van der Waals surface area contributed by atoms with E-state index in [-0.39, 0.29) is 17.8 Å². The quantitative estimate of drug-likeness (QED) is 0.786. The van der Waals surface area contributed by atoms with Crippen molar-refractivity contribution in [3.63, 3.8) is 0 Å². The Morgan fingerprint density at radius 2 is 2.25 bits per heavy atom. The molecular weight excluding hydrogens is 281 g/mol. The highest BCUT2D eigenvalue weighted by atomic mass is 35.5. The number of amides is 1. The van der Waals surface area contributed by atoms with Gasteiger partial charge in [-0.2, -0.15) is 0 Å². The Balaban J connectivity index is 2.21. The fourth-order valence-corrected chi connectivity index (χ4v) is 2.60. The summed E-state index contributed by atoms with van der Waals surface area (Å²) in [5.41, 5.74) is 0.443. The van der Waals surface area contributed by atoms with Gasteiger partial charge in [0.25, 0.3) is 5.91 Å². The topological polar surface area (TPSA) is 29.5 Å². The molecule has 20 heavy (non-hydrogen) atoms. The fourth-order valence-electron chi connectivity index (χ4n) is 2.44. The van der Waals surface area contributed by atoms with Crippen LogP contribution in [0.4, 0.5) is 4.39 Å². The number of benzene rings is 1. The molecule has 0 N–H and O–H groups in total. The molecule has 1 saturated heterocycles. The lowest BCUT2D eigenvalue weighted by molar-refractivity contribution is -0.117. The van der Waals surface area contributed by atoms with Gasteiger partial charge in [-0.25, -0.2) is 4.39 Å². The predicted molar refractivity (Wildman–Crippen MR) is 76.7 cm³/mol. The zero-order valence-electron chi connectivity index (χ0n) is 12.0. The van der Waals surface area contributed by atoms with E-state index in [9.17, 15) is 9.18 Å². The van der Waals surface area contributed by atoms with Crippen molar-refractivity contribution in [2.45, 2.75) is 32.5 Å². The number of morpholine rings is 1. The van der Waals surface area contributed by atoms with Gasteiger partial charge in [-0.05, 0) is 38.5 Å². The van der Waals surface area contributed by atoms with Crippen LogP contribution in [0.25, 0.3) is 0 Å². The molecule has 1 aromatic carbocycles. The molecule has 0 bridgehead atoms. The third-order valence-electron chi connectivity index (χ3n) is 3.36. The summed E-state index contributed by atoms with van der Waals surface area (Å²) in [6.45, 7) is 6.41. The lowest BCUT2D eigenvalue weighted by Crippen LogP contribution is -2.55.